The number of hydrogen-bond acceptors (Lipinski definition) is 6. The average molecular weight is 591 g/mol. The fraction of sp³-hybridized carbons (Fsp3) is 0.903. The Balaban J connectivity index is 4.36. The van der Waals surface area contributed by atoms with Crippen molar-refractivity contribution >= 4 is 13.7 Å². The molecule has 0 aromatic rings. The molecule has 8 nitrogen and oxygen atoms in total. The lowest BCUT2D eigenvalue weighted by Crippen LogP contribution is -2.46. The van der Waals surface area contributed by atoms with Crippen molar-refractivity contribution in [3.63, 3.8) is 0 Å². The van der Waals surface area contributed by atoms with E-state index in [0.29, 0.717) is 12.8 Å². The van der Waals surface area contributed by atoms with Crippen LogP contribution in [0.15, 0.2) is 12.2 Å². The minimum atomic E-state index is -4.30. The van der Waals surface area contributed by atoms with Crippen molar-refractivity contribution in [1.82, 2.24) is 5.32 Å². The van der Waals surface area contributed by atoms with Crippen LogP contribution in [0, 0.1) is 0 Å². The SMILES string of the molecule is CCC/C=C\CCCCCCCC(=O)NC(COP(=O)(O)OCCN)C(O)CCCCCCCCCCCCC. The quantitative estimate of drug-likeness (QED) is 0.0383. The molecular weight excluding hydrogens is 527 g/mol. The van der Waals surface area contributed by atoms with Gasteiger partial charge in [0.15, 0.2) is 0 Å². The summed E-state index contributed by atoms with van der Waals surface area (Å²) >= 11 is 0. The van der Waals surface area contributed by atoms with E-state index < -0.39 is 20.0 Å². The number of rotatable bonds is 30. The molecule has 0 radical (unpaired) electrons. The third-order valence-electron chi connectivity index (χ3n) is 7.10. The van der Waals surface area contributed by atoms with Crippen LogP contribution < -0.4 is 11.1 Å². The predicted molar refractivity (Wildman–Crippen MR) is 166 cm³/mol. The lowest BCUT2D eigenvalue weighted by atomic mass is 10.0. The van der Waals surface area contributed by atoms with Crippen molar-refractivity contribution in [1.29, 1.82) is 0 Å². The number of aliphatic hydroxyl groups excluding tert-OH is 1. The first-order valence-corrected chi connectivity index (χ1v) is 17.8. The lowest BCUT2D eigenvalue weighted by molar-refractivity contribution is -0.123. The second-order valence-electron chi connectivity index (χ2n) is 11.0. The summed E-state index contributed by atoms with van der Waals surface area (Å²) < 4.78 is 21.9. The molecule has 0 aliphatic carbocycles. The molecule has 40 heavy (non-hydrogen) atoms. The Morgan fingerprint density at radius 3 is 1.95 bits per heavy atom. The van der Waals surface area contributed by atoms with Crippen LogP contribution in [0.25, 0.3) is 0 Å². The number of allylic oxidation sites excluding steroid dienone is 2. The van der Waals surface area contributed by atoms with Crippen LogP contribution in [0.3, 0.4) is 0 Å². The van der Waals surface area contributed by atoms with Gasteiger partial charge < -0.3 is 21.1 Å². The molecule has 0 saturated carbocycles. The van der Waals surface area contributed by atoms with Crippen molar-refractivity contribution in [2.45, 2.75) is 161 Å². The van der Waals surface area contributed by atoms with Gasteiger partial charge in [-0.3, -0.25) is 13.8 Å². The van der Waals surface area contributed by atoms with E-state index >= 15 is 0 Å². The van der Waals surface area contributed by atoms with Crippen LogP contribution in [-0.2, 0) is 18.4 Å². The molecule has 0 heterocycles. The van der Waals surface area contributed by atoms with Crippen LogP contribution in [0.2, 0.25) is 0 Å². The maximum Gasteiger partial charge on any atom is 0.472 e. The molecule has 0 rings (SSSR count). The van der Waals surface area contributed by atoms with E-state index in [1.165, 1.54) is 64.2 Å². The smallest absolute Gasteiger partial charge is 0.391 e. The number of aliphatic hydroxyl groups is 1. The number of unbranched alkanes of at least 4 members (excludes halogenated alkanes) is 16. The molecular formula is C31H63N2O6P. The Morgan fingerprint density at radius 1 is 0.800 bits per heavy atom. The highest BCUT2D eigenvalue weighted by molar-refractivity contribution is 7.47. The Morgan fingerprint density at radius 2 is 1.35 bits per heavy atom. The third-order valence-corrected chi connectivity index (χ3v) is 8.08. The Labute approximate surface area is 245 Å². The zero-order chi connectivity index (χ0) is 29.7. The van der Waals surface area contributed by atoms with Gasteiger partial charge in [-0.2, -0.15) is 0 Å². The van der Waals surface area contributed by atoms with E-state index in [4.69, 9.17) is 14.8 Å². The molecule has 3 unspecified atom stereocenters. The summed E-state index contributed by atoms with van der Waals surface area (Å²) in [7, 11) is -4.30. The third kappa shape index (κ3) is 26.2. The normalized spacial score (nSPS) is 14.8. The summed E-state index contributed by atoms with van der Waals surface area (Å²) in [5, 5.41) is 13.6. The Kier molecular flexibility index (Phi) is 27.8. The highest BCUT2D eigenvalue weighted by Gasteiger charge is 2.27. The summed E-state index contributed by atoms with van der Waals surface area (Å²) in [6.45, 7) is 4.10. The monoisotopic (exact) mass is 590 g/mol. The van der Waals surface area contributed by atoms with E-state index in [0.717, 1.165) is 57.8 Å². The first-order chi connectivity index (χ1) is 19.4. The van der Waals surface area contributed by atoms with E-state index in [2.05, 4.69) is 31.3 Å². The van der Waals surface area contributed by atoms with Crippen LogP contribution in [0.4, 0.5) is 0 Å². The molecule has 0 spiro atoms. The fourth-order valence-corrected chi connectivity index (χ4v) is 5.37. The molecule has 1 amide bonds. The lowest BCUT2D eigenvalue weighted by Gasteiger charge is -2.25. The zero-order valence-electron chi connectivity index (χ0n) is 25.8. The summed E-state index contributed by atoms with van der Waals surface area (Å²) in [4.78, 5) is 22.4. The van der Waals surface area contributed by atoms with Crippen LogP contribution in [-0.4, -0.2) is 47.8 Å². The van der Waals surface area contributed by atoms with Gasteiger partial charge in [-0.05, 0) is 32.1 Å². The molecule has 0 fully saturated rings. The molecule has 0 saturated heterocycles. The van der Waals surface area contributed by atoms with Crippen LogP contribution in [0.5, 0.6) is 0 Å². The number of hydrogen-bond donors (Lipinski definition) is 4. The topological polar surface area (TPSA) is 131 Å². The highest BCUT2D eigenvalue weighted by atomic mass is 31.2. The molecule has 0 aromatic carbocycles. The van der Waals surface area contributed by atoms with Crippen LogP contribution in [0.1, 0.15) is 149 Å². The van der Waals surface area contributed by atoms with E-state index in [1.807, 2.05) is 0 Å². The van der Waals surface area contributed by atoms with Gasteiger partial charge in [-0.25, -0.2) is 4.57 Å². The summed E-state index contributed by atoms with van der Waals surface area (Å²) in [5.74, 6) is -0.176. The molecule has 9 heteroatoms. The van der Waals surface area contributed by atoms with Gasteiger partial charge in [-0.1, -0.05) is 122 Å². The van der Waals surface area contributed by atoms with E-state index in [9.17, 15) is 19.4 Å². The van der Waals surface area contributed by atoms with Gasteiger partial charge >= 0.3 is 7.82 Å². The second-order valence-corrected chi connectivity index (χ2v) is 12.5. The number of phosphoric acid groups is 1. The number of amides is 1. The summed E-state index contributed by atoms with van der Waals surface area (Å²) in [5.41, 5.74) is 5.33. The van der Waals surface area contributed by atoms with Crippen molar-refractivity contribution < 1.29 is 28.4 Å². The van der Waals surface area contributed by atoms with Gasteiger partial charge in [-0.15, -0.1) is 0 Å². The molecule has 238 valence electrons. The number of nitrogens with two attached hydrogens (primary N) is 1. The summed E-state index contributed by atoms with van der Waals surface area (Å²) in [6, 6.07) is -0.771. The molecule has 5 N–H and O–H groups in total. The minimum absolute atomic E-state index is 0.0884. The maximum absolute atomic E-state index is 12.6. The maximum atomic E-state index is 12.6. The van der Waals surface area contributed by atoms with Gasteiger partial charge in [0.25, 0.3) is 0 Å². The fourth-order valence-electron chi connectivity index (χ4n) is 4.61. The van der Waals surface area contributed by atoms with E-state index in [-0.39, 0.29) is 25.7 Å². The van der Waals surface area contributed by atoms with Crippen molar-refractivity contribution in [2.75, 3.05) is 19.8 Å². The number of carbonyl (C=O) groups is 1. The van der Waals surface area contributed by atoms with Gasteiger partial charge in [0, 0.05) is 13.0 Å². The number of phosphoric ester groups is 1. The van der Waals surface area contributed by atoms with Crippen molar-refractivity contribution in [2.24, 2.45) is 5.73 Å². The standard InChI is InChI=1S/C31H63N2O6P/c1-3-5-7-9-11-13-15-16-18-20-22-24-30(34)29(28-39-40(36,37)38-27-26-32)33-31(35)25-23-21-19-17-14-12-10-8-6-4-2/h8,10,29-30,34H,3-7,9,11-28,32H2,1-2H3,(H,33,35)(H,36,37)/b10-8-. The molecule has 3 atom stereocenters. The van der Waals surface area contributed by atoms with Gasteiger partial charge in [0.1, 0.15) is 0 Å². The van der Waals surface area contributed by atoms with Crippen molar-refractivity contribution in [3.05, 3.63) is 12.2 Å². The zero-order valence-corrected chi connectivity index (χ0v) is 26.7. The first-order valence-electron chi connectivity index (χ1n) is 16.3. The second kappa shape index (κ2) is 28.4. The number of nitrogens with one attached hydrogen (secondary N) is 1. The molecule has 0 aliphatic rings. The van der Waals surface area contributed by atoms with E-state index in [1.54, 1.807) is 0 Å². The summed E-state index contributed by atoms with van der Waals surface area (Å²) in [6.07, 6.45) is 26.5. The van der Waals surface area contributed by atoms with Crippen molar-refractivity contribution in [3.8, 4) is 0 Å². The first kappa shape index (κ1) is 39.2. The largest absolute Gasteiger partial charge is 0.472 e. The Hall–Kier alpha value is -0.760. The minimum Gasteiger partial charge on any atom is -0.391 e. The molecule has 0 aromatic heterocycles. The Bertz CT molecular complexity index is 649. The predicted octanol–water partition coefficient (Wildman–Crippen LogP) is 7.71. The van der Waals surface area contributed by atoms with Gasteiger partial charge in [0.2, 0.25) is 5.91 Å². The highest BCUT2D eigenvalue weighted by Crippen LogP contribution is 2.43. The van der Waals surface area contributed by atoms with Crippen LogP contribution >= 0.6 is 7.82 Å². The molecule has 0 bridgehead atoms. The van der Waals surface area contributed by atoms with Gasteiger partial charge in [0.05, 0.1) is 25.4 Å². The molecule has 0 aliphatic heterocycles. The average Bonchev–Trinajstić information content (AvgIpc) is 2.93. The number of carbonyl (C=O) groups excluding carboxylic acids is 1.